The first-order chi connectivity index (χ1) is 14.5. The molecule has 0 bridgehead atoms. The van der Waals surface area contributed by atoms with Crippen molar-refractivity contribution in [1.82, 2.24) is 9.55 Å². The standard InChI is InChI=1S/C23H18ClFN2O2S/c1-15-26-20(14-30-15)13-29-21-7-3-16(4-8-21)17-5-9-23(28)27(11-17)12-18-2-6-19(24)10-22(18)25/h2-11,14H,12-13H2,1H3. The molecule has 2 aromatic carbocycles. The maximum Gasteiger partial charge on any atom is 0.250 e. The zero-order chi connectivity index (χ0) is 21.1. The minimum absolute atomic E-state index is 0.129. The summed E-state index contributed by atoms with van der Waals surface area (Å²) in [6, 6.07) is 15.3. The normalized spacial score (nSPS) is 10.9. The maximum atomic E-state index is 14.1. The van der Waals surface area contributed by atoms with Gasteiger partial charge in [-0.3, -0.25) is 4.79 Å². The number of pyridine rings is 1. The topological polar surface area (TPSA) is 44.1 Å². The van der Waals surface area contributed by atoms with E-state index in [4.69, 9.17) is 16.3 Å². The van der Waals surface area contributed by atoms with Crippen molar-refractivity contribution in [3.05, 3.63) is 104 Å². The predicted molar refractivity (Wildman–Crippen MR) is 118 cm³/mol. The Morgan fingerprint density at radius 2 is 1.87 bits per heavy atom. The van der Waals surface area contributed by atoms with Gasteiger partial charge in [0.2, 0.25) is 0 Å². The van der Waals surface area contributed by atoms with Crippen LogP contribution in [0, 0.1) is 12.7 Å². The molecule has 0 fully saturated rings. The summed E-state index contributed by atoms with van der Waals surface area (Å²) in [6.07, 6.45) is 1.73. The molecule has 4 aromatic rings. The molecule has 0 saturated carbocycles. The summed E-state index contributed by atoms with van der Waals surface area (Å²) in [6.45, 7) is 2.51. The predicted octanol–water partition coefficient (Wildman–Crippen LogP) is 5.70. The van der Waals surface area contributed by atoms with Gasteiger partial charge in [0.1, 0.15) is 18.2 Å². The van der Waals surface area contributed by atoms with Gasteiger partial charge in [-0.05, 0) is 48.4 Å². The Kier molecular flexibility index (Phi) is 5.97. The van der Waals surface area contributed by atoms with Crippen molar-refractivity contribution in [3.8, 4) is 16.9 Å². The van der Waals surface area contributed by atoms with E-state index in [1.807, 2.05) is 36.6 Å². The second-order valence-corrected chi connectivity index (χ2v) is 8.29. The molecule has 30 heavy (non-hydrogen) atoms. The number of aryl methyl sites for hydroxylation is 1. The zero-order valence-electron chi connectivity index (χ0n) is 16.1. The van der Waals surface area contributed by atoms with Gasteiger partial charge in [-0.15, -0.1) is 11.3 Å². The number of ether oxygens (including phenoxy) is 1. The summed E-state index contributed by atoms with van der Waals surface area (Å²) in [5.74, 6) is 0.303. The van der Waals surface area contributed by atoms with E-state index in [2.05, 4.69) is 4.98 Å². The zero-order valence-corrected chi connectivity index (χ0v) is 17.7. The van der Waals surface area contributed by atoms with Crippen LogP contribution in [-0.2, 0) is 13.2 Å². The van der Waals surface area contributed by atoms with Crippen molar-refractivity contribution in [2.24, 2.45) is 0 Å². The van der Waals surface area contributed by atoms with Gasteiger partial charge in [-0.25, -0.2) is 9.37 Å². The molecule has 0 saturated heterocycles. The molecule has 152 valence electrons. The summed E-state index contributed by atoms with van der Waals surface area (Å²) < 4.78 is 21.4. The third-order valence-corrected chi connectivity index (χ3v) is 5.64. The van der Waals surface area contributed by atoms with E-state index in [-0.39, 0.29) is 12.1 Å². The molecule has 2 heterocycles. The van der Waals surface area contributed by atoms with Crippen molar-refractivity contribution in [3.63, 3.8) is 0 Å². The smallest absolute Gasteiger partial charge is 0.250 e. The van der Waals surface area contributed by atoms with E-state index in [0.29, 0.717) is 17.2 Å². The van der Waals surface area contributed by atoms with Crippen LogP contribution in [0.5, 0.6) is 5.75 Å². The summed E-state index contributed by atoms with van der Waals surface area (Å²) in [4.78, 5) is 16.6. The van der Waals surface area contributed by atoms with Crippen LogP contribution in [0.15, 0.2) is 71.0 Å². The van der Waals surface area contributed by atoms with Crippen LogP contribution in [0.1, 0.15) is 16.3 Å². The lowest BCUT2D eigenvalue weighted by Gasteiger charge is -2.10. The molecule has 0 radical (unpaired) electrons. The second-order valence-electron chi connectivity index (χ2n) is 6.79. The van der Waals surface area contributed by atoms with Gasteiger partial charge in [-0.1, -0.05) is 29.8 Å². The number of nitrogens with zero attached hydrogens (tertiary/aromatic N) is 2. The Bertz CT molecular complexity index is 1230. The van der Waals surface area contributed by atoms with Gasteiger partial charge < -0.3 is 9.30 Å². The number of benzene rings is 2. The van der Waals surface area contributed by atoms with E-state index < -0.39 is 5.82 Å². The summed E-state index contributed by atoms with van der Waals surface area (Å²) in [5.41, 5.74) is 2.89. The lowest BCUT2D eigenvalue weighted by molar-refractivity contribution is 0.302. The Labute approximate surface area is 182 Å². The summed E-state index contributed by atoms with van der Waals surface area (Å²) in [7, 11) is 0. The number of thiazole rings is 1. The molecule has 0 amide bonds. The average molecular weight is 441 g/mol. The van der Waals surface area contributed by atoms with Gasteiger partial charge in [0.25, 0.3) is 5.56 Å². The molecule has 0 unspecified atom stereocenters. The largest absolute Gasteiger partial charge is 0.487 e. The molecule has 0 aliphatic rings. The number of hydrogen-bond acceptors (Lipinski definition) is 4. The van der Waals surface area contributed by atoms with Crippen molar-refractivity contribution < 1.29 is 9.13 Å². The maximum absolute atomic E-state index is 14.1. The first-order valence-corrected chi connectivity index (χ1v) is 10.5. The van der Waals surface area contributed by atoms with Crippen molar-refractivity contribution in [2.75, 3.05) is 0 Å². The molecule has 7 heteroatoms. The Hall–Kier alpha value is -2.96. The van der Waals surface area contributed by atoms with Gasteiger partial charge in [0.15, 0.2) is 0 Å². The number of aromatic nitrogens is 2. The molecule has 0 atom stereocenters. The molecule has 0 N–H and O–H groups in total. The Morgan fingerprint density at radius 3 is 2.57 bits per heavy atom. The first kappa shape index (κ1) is 20.3. The fourth-order valence-corrected chi connectivity index (χ4v) is 3.79. The quantitative estimate of drug-likeness (QED) is 0.386. The Balaban J connectivity index is 1.51. The van der Waals surface area contributed by atoms with Crippen LogP contribution in [0.4, 0.5) is 4.39 Å². The number of hydrogen-bond donors (Lipinski definition) is 0. The molecule has 0 aliphatic carbocycles. The lowest BCUT2D eigenvalue weighted by Crippen LogP contribution is -2.19. The van der Waals surface area contributed by atoms with E-state index in [1.54, 1.807) is 35.7 Å². The van der Waals surface area contributed by atoms with Crippen LogP contribution in [0.3, 0.4) is 0 Å². The molecular weight excluding hydrogens is 423 g/mol. The van der Waals surface area contributed by atoms with Gasteiger partial charge in [-0.2, -0.15) is 0 Å². The molecule has 2 aromatic heterocycles. The Morgan fingerprint density at radius 1 is 1.10 bits per heavy atom. The highest BCUT2D eigenvalue weighted by Crippen LogP contribution is 2.23. The van der Waals surface area contributed by atoms with Crippen molar-refractivity contribution in [2.45, 2.75) is 20.1 Å². The third kappa shape index (κ3) is 4.78. The van der Waals surface area contributed by atoms with Crippen molar-refractivity contribution in [1.29, 1.82) is 0 Å². The van der Waals surface area contributed by atoms with E-state index >= 15 is 0 Å². The van der Waals surface area contributed by atoms with Crippen LogP contribution in [0.25, 0.3) is 11.1 Å². The fourth-order valence-electron chi connectivity index (χ4n) is 3.03. The molecule has 0 aliphatic heterocycles. The van der Waals surface area contributed by atoms with E-state index in [9.17, 15) is 9.18 Å². The number of rotatable bonds is 6. The van der Waals surface area contributed by atoms with Crippen LogP contribution in [-0.4, -0.2) is 9.55 Å². The first-order valence-electron chi connectivity index (χ1n) is 9.26. The molecule has 4 nitrogen and oxygen atoms in total. The SMILES string of the molecule is Cc1nc(COc2ccc(-c3ccc(=O)n(Cc4ccc(Cl)cc4F)c3)cc2)cs1. The highest BCUT2D eigenvalue weighted by molar-refractivity contribution is 7.09. The van der Waals surface area contributed by atoms with Gasteiger partial charge in [0.05, 0.1) is 17.2 Å². The number of halogens is 2. The average Bonchev–Trinajstić information content (AvgIpc) is 3.15. The monoisotopic (exact) mass is 440 g/mol. The van der Waals surface area contributed by atoms with E-state index in [0.717, 1.165) is 27.6 Å². The highest BCUT2D eigenvalue weighted by atomic mass is 35.5. The fraction of sp³-hybridized carbons (Fsp3) is 0.130. The van der Waals surface area contributed by atoms with Crippen LogP contribution >= 0.6 is 22.9 Å². The van der Waals surface area contributed by atoms with E-state index in [1.165, 1.54) is 16.7 Å². The lowest BCUT2D eigenvalue weighted by atomic mass is 10.1. The van der Waals surface area contributed by atoms with Crippen LogP contribution in [0.2, 0.25) is 5.02 Å². The third-order valence-electron chi connectivity index (χ3n) is 4.58. The van der Waals surface area contributed by atoms with Gasteiger partial charge >= 0.3 is 0 Å². The molecule has 0 spiro atoms. The van der Waals surface area contributed by atoms with Crippen LogP contribution < -0.4 is 10.3 Å². The highest BCUT2D eigenvalue weighted by Gasteiger charge is 2.07. The second kappa shape index (κ2) is 8.81. The summed E-state index contributed by atoms with van der Waals surface area (Å²) in [5, 5.41) is 3.32. The minimum Gasteiger partial charge on any atom is -0.487 e. The molecule has 4 rings (SSSR count). The summed E-state index contributed by atoms with van der Waals surface area (Å²) >= 11 is 7.40. The van der Waals surface area contributed by atoms with Crippen molar-refractivity contribution >= 4 is 22.9 Å². The minimum atomic E-state index is -0.434. The molecular formula is C23H18ClFN2O2S. The van der Waals surface area contributed by atoms with Gasteiger partial charge in [0, 0.05) is 28.2 Å².